The molecule has 1 aliphatic heterocycles. The van der Waals surface area contributed by atoms with E-state index in [-0.39, 0.29) is 17.9 Å². The second-order valence-corrected chi connectivity index (χ2v) is 10.7. The van der Waals surface area contributed by atoms with Gasteiger partial charge in [0.05, 0.1) is 12.2 Å². The average molecular weight is 494 g/mol. The van der Waals surface area contributed by atoms with E-state index >= 15 is 0 Å². The van der Waals surface area contributed by atoms with Crippen molar-refractivity contribution in [2.24, 2.45) is 11.8 Å². The van der Waals surface area contributed by atoms with Crippen molar-refractivity contribution in [3.05, 3.63) is 63.1 Å². The number of carbonyl (C=O) groups is 3. The number of nitrogens with zero attached hydrogens (tertiary/aromatic N) is 2. The molecule has 4 rings (SSSR count). The first-order valence-electron chi connectivity index (χ1n) is 12.6. The number of Topliss-reactive ketones (excluding diaryl/α,β-unsaturated/α-hetero) is 1. The predicted octanol–water partition coefficient (Wildman–Crippen LogP) is 4.17. The number of pyridine rings is 1. The lowest BCUT2D eigenvalue weighted by molar-refractivity contribution is 0.0583. The first kappa shape index (κ1) is 25.7. The molecule has 192 valence electrons. The van der Waals surface area contributed by atoms with Crippen LogP contribution in [-0.4, -0.2) is 41.5 Å². The molecule has 1 fully saturated rings. The molecule has 0 spiro atoms. The van der Waals surface area contributed by atoms with Crippen LogP contribution >= 0.6 is 0 Å². The van der Waals surface area contributed by atoms with Crippen LogP contribution in [0.5, 0.6) is 0 Å². The molecule has 2 atom stereocenters. The van der Waals surface area contributed by atoms with Crippen molar-refractivity contribution in [1.29, 1.82) is 0 Å². The quantitative estimate of drug-likeness (QED) is 0.584. The zero-order valence-corrected chi connectivity index (χ0v) is 21.7. The summed E-state index contributed by atoms with van der Waals surface area (Å²) in [4.78, 5) is 53.1. The Kier molecular flexibility index (Phi) is 7.07. The van der Waals surface area contributed by atoms with Crippen molar-refractivity contribution in [3.8, 4) is 0 Å². The van der Waals surface area contributed by atoms with Gasteiger partial charge in [0.15, 0.2) is 5.78 Å². The number of nitrogens with one attached hydrogen (secondary N) is 1. The SMILES string of the molecule is CC[C@H]1C[C@@H]1CC(=O)c1cc(C(=O)NC)c(=O)n(Cc2cccc3c2CCN3C(=O)OC(C)(C)C)c1. The number of ketones is 1. The third kappa shape index (κ3) is 5.37. The number of carbonyl (C=O) groups excluding carboxylic acids is 3. The van der Waals surface area contributed by atoms with Crippen molar-refractivity contribution in [3.63, 3.8) is 0 Å². The van der Waals surface area contributed by atoms with Crippen molar-refractivity contribution >= 4 is 23.5 Å². The van der Waals surface area contributed by atoms with E-state index < -0.39 is 23.2 Å². The van der Waals surface area contributed by atoms with Crippen LogP contribution in [0.4, 0.5) is 10.5 Å². The van der Waals surface area contributed by atoms with Crippen LogP contribution in [0.1, 0.15) is 78.8 Å². The molecule has 2 aliphatic rings. The van der Waals surface area contributed by atoms with Gasteiger partial charge in [-0.3, -0.25) is 19.3 Å². The maximum atomic E-state index is 13.2. The number of anilines is 1. The van der Waals surface area contributed by atoms with Gasteiger partial charge in [-0.1, -0.05) is 25.5 Å². The van der Waals surface area contributed by atoms with Crippen molar-refractivity contribution in [1.82, 2.24) is 9.88 Å². The van der Waals surface area contributed by atoms with Gasteiger partial charge in [-0.25, -0.2) is 4.79 Å². The van der Waals surface area contributed by atoms with E-state index in [1.165, 1.54) is 17.7 Å². The number of rotatable bonds is 7. The first-order chi connectivity index (χ1) is 17.0. The van der Waals surface area contributed by atoms with Crippen LogP contribution < -0.4 is 15.8 Å². The van der Waals surface area contributed by atoms with Gasteiger partial charge in [0.2, 0.25) is 0 Å². The van der Waals surface area contributed by atoms with E-state index in [2.05, 4.69) is 12.2 Å². The molecule has 1 aliphatic carbocycles. The maximum Gasteiger partial charge on any atom is 0.414 e. The Morgan fingerprint density at radius 3 is 2.56 bits per heavy atom. The summed E-state index contributed by atoms with van der Waals surface area (Å²) < 4.78 is 6.99. The lowest BCUT2D eigenvalue weighted by Crippen LogP contribution is -2.35. The molecule has 2 aromatic rings. The average Bonchev–Trinajstić information content (AvgIpc) is 3.42. The van der Waals surface area contributed by atoms with Gasteiger partial charge in [-0.2, -0.15) is 0 Å². The molecule has 1 saturated carbocycles. The predicted molar refractivity (Wildman–Crippen MR) is 138 cm³/mol. The standard InChI is InChI=1S/C28H35N3O5/c1-6-17-12-19(17)14-24(32)20-13-22(25(33)29-5)26(34)30(16-20)15-18-8-7-9-23-21(18)10-11-31(23)27(35)36-28(2,3)4/h7-9,13,16-17,19H,6,10-12,14-15H2,1-5H3,(H,29,33)/t17-,19+/m0/s1. The normalized spacial score (nSPS) is 18.5. The molecular formula is C28H35N3O5. The Bertz CT molecular complexity index is 1260. The molecule has 0 bridgehead atoms. The summed E-state index contributed by atoms with van der Waals surface area (Å²) in [5.41, 5.74) is 1.84. The molecule has 1 aromatic heterocycles. The van der Waals surface area contributed by atoms with Gasteiger partial charge >= 0.3 is 6.09 Å². The minimum absolute atomic E-state index is 0.0471. The smallest absolute Gasteiger partial charge is 0.414 e. The van der Waals surface area contributed by atoms with Crippen LogP contribution in [0.15, 0.2) is 35.3 Å². The monoisotopic (exact) mass is 493 g/mol. The zero-order chi connectivity index (χ0) is 26.2. The Morgan fingerprint density at radius 1 is 1.17 bits per heavy atom. The molecule has 36 heavy (non-hydrogen) atoms. The van der Waals surface area contributed by atoms with Crippen LogP contribution in [0, 0.1) is 11.8 Å². The van der Waals surface area contributed by atoms with Gasteiger partial charge in [0.25, 0.3) is 11.5 Å². The fourth-order valence-corrected chi connectivity index (χ4v) is 4.96. The van der Waals surface area contributed by atoms with Crippen molar-refractivity contribution in [2.45, 2.75) is 65.5 Å². The van der Waals surface area contributed by atoms with Gasteiger partial charge in [0.1, 0.15) is 11.2 Å². The molecule has 0 unspecified atom stereocenters. The molecule has 1 aromatic carbocycles. The molecule has 8 heteroatoms. The van der Waals surface area contributed by atoms with Gasteiger partial charge < -0.3 is 14.6 Å². The molecule has 0 saturated heterocycles. The summed E-state index contributed by atoms with van der Waals surface area (Å²) in [6.07, 6.45) is 4.32. The number of hydrogen-bond donors (Lipinski definition) is 1. The highest BCUT2D eigenvalue weighted by Crippen LogP contribution is 2.44. The number of ether oxygens (including phenoxy) is 1. The van der Waals surface area contributed by atoms with E-state index in [1.807, 2.05) is 39.0 Å². The molecule has 0 radical (unpaired) electrons. The number of hydrogen-bond acceptors (Lipinski definition) is 5. The Labute approximate surface area is 211 Å². The fourth-order valence-electron chi connectivity index (χ4n) is 4.96. The Hall–Kier alpha value is -3.42. The third-order valence-corrected chi connectivity index (χ3v) is 7.00. The van der Waals surface area contributed by atoms with Gasteiger partial charge in [-0.15, -0.1) is 0 Å². The summed E-state index contributed by atoms with van der Waals surface area (Å²) in [6.45, 7) is 8.29. The number of aromatic nitrogens is 1. The number of fused-ring (bicyclic) bond motifs is 1. The second-order valence-electron chi connectivity index (χ2n) is 10.7. The first-order valence-corrected chi connectivity index (χ1v) is 12.6. The van der Waals surface area contributed by atoms with Crippen molar-refractivity contribution in [2.75, 3.05) is 18.5 Å². The zero-order valence-electron chi connectivity index (χ0n) is 21.7. The molecule has 1 N–H and O–H groups in total. The second kappa shape index (κ2) is 9.91. The summed E-state index contributed by atoms with van der Waals surface area (Å²) >= 11 is 0. The largest absolute Gasteiger partial charge is 0.443 e. The van der Waals surface area contributed by atoms with Crippen LogP contribution in [-0.2, 0) is 17.7 Å². The van der Waals surface area contributed by atoms with E-state index in [9.17, 15) is 19.2 Å². The molecule has 2 heterocycles. The maximum absolute atomic E-state index is 13.2. The topological polar surface area (TPSA) is 97.7 Å². The van der Waals surface area contributed by atoms with E-state index in [4.69, 9.17) is 4.74 Å². The Balaban J connectivity index is 1.65. The van der Waals surface area contributed by atoms with Crippen molar-refractivity contribution < 1.29 is 19.1 Å². The van der Waals surface area contributed by atoms with Crippen LogP contribution in [0.2, 0.25) is 0 Å². The van der Waals surface area contributed by atoms with Crippen LogP contribution in [0.3, 0.4) is 0 Å². The van der Waals surface area contributed by atoms with Gasteiger partial charge in [-0.05, 0) is 68.7 Å². The van der Waals surface area contributed by atoms with E-state index in [0.717, 1.165) is 29.7 Å². The minimum Gasteiger partial charge on any atom is -0.443 e. The highest BCUT2D eigenvalue weighted by atomic mass is 16.6. The molecular weight excluding hydrogens is 458 g/mol. The highest BCUT2D eigenvalue weighted by molar-refractivity contribution is 6.00. The van der Waals surface area contributed by atoms with Crippen LogP contribution in [0.25, 0.3) is 0 Å². The summed E-state index contributed by atoms with van der Waals surface area (Å²) in [7, 11) is 1.46. The number of amides is 2. The molecule has 8 nitrogen and oxygen atoms in total. The third-order valence-electron chi connectivity index (χ3n) is 7.00. The summed E-state index contributed by atoms with van der Waals surface area (Å²) in [5.74, 6) is 0.389. The van der Waals surface area contributed by atoms with Gasteiger partial charge in [0, 0.05) is 31.8 Å². The summed E-state index contributed by atoms with van der Waals surface area (Å²) in [5, 5.41) is 2.51. The fraction of sp³-hybridized carbons (Fsp3) is 0.500. The Morgan fingerprint density at radius 2 is 1.92 bits per heavy atom. The summed E-state index contributed by atoms with van der Waals surface area (Å²) in [6, 6.07) is 7.04. The molecule has 2 amide bonds. The lowest BCUT2D eigenvalue weighted by atomic mass is 10.0. The van der Waals surface area contributed by atoms with E-state index in [1.54, 1.807) is 11.1 Å². The number of benzene rings is 1. The van der Waals surface area contributed by atoms with E-state index in [0.29, 0.717) is 36.8 Å². The lowest BCUT2D eigenvalue weighted by Gasteiger charge is -2.25. The highest BCUT2D eigenvalue weighted by Gasteiger charge is 2.37. The minimum atomic E-state index is -0.606.